The van der Waals surface area contributed by atoms with Gasteiger partial charge in [-0.25, -0.2) is 0 Å². The minimum atomic E-state index is 0. The molecule has 0 aromatic heterocycles. The van der Waals surface area contributed by atoms with Crippen LogP contribution in [0.1, 0.15) is 20.3 Å². The summed E-state index contributed by atoms with van der Waals surface area (Å²) < 4.78 is 0. The third-order valence-electron chi connectivity index (χ3n) is 0. The second-order valence-electron chi connectivity index (χ2n) is 0.707. The molecule has 0 N–H and O–H groups in total. The molecular formula is C5H10O. The zero-order chi connectivity index (χ0) is 4.71. The van der Waals surface area contributed by atoms with Crippen LogP contribution >= 0.6 is 0 Å². The highest BCUT2D eigenvalue weighted by Gasteiger charge is 1.35. The summed E-state index contributed by atoms with van der Waals surface area (Å²) in [4.78, 5) is 0. The molecule has 0 atom stereocenters. The largest absolute Gasteiger partial charge is 0.124 e. The van der Waals surface area contributed by atoms with E-state index < -0.39 is 0 Å². The van der Waals surface area contributed by atoms with E-state index in [4.69, 9.17) is 0 Å². The van der Waals surface area contributed by atoms with E-state index in [9.17, 15) is 0 Å². The third kappa shape index (κ3) is 97.0. The van der Waals surface area contributed by atoms with Crippen LogP contribution in [0.2, 0.25) is 0 Å². The molecule has 0 amide bonds. The highest BCUT2D eigenvalue weighted by Crippen LogP contribution is 1.56. The minimum absolute atomic E-state index is 0. The normalized spacial score (nSPS) is 3.33. The summed E-state index contributed by atoms with van der Waals surface area (Å²) in [5.74, 6) is 0. The summed E-state index contributed by atoms with van der Waals surface area (Å²) in [5, 5.41) is 0. The molecule has 36 valence electrons. The van der Waals surface area contributed by atoms with Crippen molar-refractivity contribution in [1.82, 2.24) is 0 Å². The van der Waals surface area contributed by atoms with Crippen molar-refractivity contribution < 1.29 is 5.48 Å². The second kappa shape index (κ2) is 207. The van der Waals surface area contributed by atoms with Gasteiger partial charge in [0, 0.05) is 5.48 Å². The van der Waals surface area contributed by atoms with Crippen LogP contribution in [0.3, 0.4) is 0 Å². The van der Waals surface area contributed by atoms with Crippen LogP contribution in [0.5, 0.6) is 0 Å². The minimum Gasteiger partial charge on any atom is -0.124 e. The first kappa shape index (κ1) is 17.8. The van der Waals surface area contributed by atoms with Gasteiger partial charge in [-0.2, -0.15) is 0 Å². The van der Waals surface area contributed by atoms with Gasteiger partial charge in [0.1, 0.15) is 0 Å². The van der Waals surface area contributed by atoms with Gasteiger partial charge in [-0.3, -0.25) is 0 Å². The average molecular weight is 86.1 g/mol. The van der Waals surface area contributed by atoms with Gasteiger partial charge in [0.2, 0.25) is 0 Å². The van der Waals surface area contributed by atoms with E-state index in [-0.39, 0.29) is 5.48 Å². The van der Waals surface area contributed by atoms with Crippen molar-refractivity contribution in [3.05, 3.63) is 0 Å². The Hall–Kier alpha value is -0.480. The SMILES string of the molecule is C#C.CCC.[O]. The molecule has 0 aliphatic rings. The first-order valence-corrected chi connectivity index (χ1v) is 1.75. The van der Waals surface area contributed by atoms with E-state index in [2.05, 4.69) is 26.7 Å². The van der Waals surface area contributed by atoms with Crippen LogP contribution in [0.15, 0.2) is 0 Å². The number of hydrogen-bond donors (Lipinski definition) is 0. The Morgan fingerprint density at radius 2 is 1.17 bits per heavy atom. The van der Waals surface area contributed by atoms with Crippen molar-refractivity contribution in [1.29, 1.82) is 0 Å². The Morgan fingerprint density at radius 1 is 1.17 bits per heavy atom. The van der Waals surface area contributed by atoms with E-state index in [1.54, 1.807) is 0 Å². The van der Waals surface area contributed by atoms with Gasteiger partial charge >= 0.3 is 0 Å². The highest BCUT2D eigenvalue weighted by atomic mass is 16.0. The Balaban J connectivity index is -0.0000000275. The van der Waals surface area contributed by atoms with Crippen LogP contribution in [0.25, 0.3) is 0 Å². The lowest BCUT2D eigenvalue weighted by molar-refractivity contribution is 0.686. The maximum absolute atomic E-state index is 4.00. The maximum Gasteiger partial charge on any atom is 0 e. The van der Waals surface area contributed by atoms with Crippen LogP contribution in [0.4, 0.5) is 0 Å². The van der Waals surface area contributed by atoms with Gasteiger partial charge < -0.3 is 0 Å². The zero-order valence-corrected chi connectivity index (χ0v) is 4.27. The molecule has 0 saturated carbocycles. The van der Waals surface area contributed by atoms with Crippen molar-refractivity contribution in [2.24, 2.45) is 0 Å². The molecule has 2 radical (unpaired) electrons. The van der Waals surface area contributed by atoms with Crippen LogP contribution < -0.4 is 0 Å². The first-order chi connectivity index (χ1) is 2.41. The smallest absolute Gasteiger partial charge is 0 e. The quantitative estimate of drug-likeness (QED) is 0.400. The summed E-state index contributed by atoms with van der Waals surface area (Å²) in [7, 11) is 0. The molecule has 0 aliphatic heterocycles. The van der Waals surface area contributed by atoms with Crippen molar-refractivity contribution in [3.63, 3.8) is 0 Å². The second-order valence-corrected chi connectivity index (χ2v) is 0.707. The van der Waals surface area contributed by atoms with Gasteiger partial charge in [-0.15, -0.1) is 12.8 Å². The summed E-state index contributed by atoms with van der Waals surface area (Å²) in [6.07, 6.45) is 9.25. The lowest BCUT2D eigenvalue weighted by Gasteiger charge is -1.48. The molecule has 0 spiro atoms. The molecule has 0 unspecified atom stereocenters. The number of rotatable bonds is 0. The summed E-state index contributed by atoms with van der Waals surface area (Å²) in [6.45, 7) is 4.25. The van der Waals surface area contributed by atoms with Gasteiger partial charge in [-0.05, 0) is 0 Å². The Kier molecular flexibility index (Phi) is 613. The Bertz CT molecular complexity index is 15.1. The van der Waals surface area contributed by atoms with E-state index >= 15 is 0 Å². The van der Waals surface area contributed by atoms with Crippen LogP contribution in [-0.4, -0.2) is 0 Å². The van der Waals surface area contributed by atoms with E-state index in [0.29, 0.717) is 0 Å². The zero-order valence-electron chi connectivity index (χ0n) is 4.27. The summed E-state index contributed by atoms with van der Waals surface area (Å²) in [6, 6.07) is 0. The van der Waals surface area contributed by atoms with Gasteiger partial charge in [0.25, 0.3) is 0 Å². The number of terminal acetylenes is 1. The lowest BCUT2D eigenvalue weighted by Crippen LogP contribution is -1.27. The van der Waals surface area contributed by atoms with Crippen LogP contribution in [0, 0.1) is 12.8 Å². The molecule has 6 heavy (non-hydrogen) atoms. The van der Waals surface area contributed by atoms with Crippen molar-refractivity contribution in [3.8, 4) is 12.8 Å². The first-order valence-electron chi connectivity index (χ1n) is 1.75. The molecule has 0 aliphatic carbocycles. The molecule has 0 bridgehead atoms. The molecule has 1 nitrogen and oxygen atoms in total. The summed E-state index contributed by atoms with van der Waals surface area (Å²) >= 11 is 0. The fraction of sp³-hybridized carbons (Fsp3) is 0.600. The van der Waals surface area contributed by atoms with E-state index in [0.717, 1.165) is 0 Å². The molecule has 0 aromatic carbocycles. The predicted octanol–water partition coefficient (Wildman–Crippen LogP) is 1.55. The van der Waals surface area contributed by atoms with Gasteiger partial charge in [0.15, 0.2) is 0 Å². The fourth-order valence-electron chi connectivity index (χ4n) is 0. The third-order valence-corrected chi connectivity index (χ3v) is 0. The average Bonchev–Trinajstić information content (AvgIpc) is 1.46. The fourth-order valence-corrected chi connectivity index (χ4v) is 0. The van der Waals surface area contributed by atoms with E-state index in [1.165, 1.54) is 6.42 Å². The molecular weight excluding hydrogens is 76.1 g/mol. The molecule has 1 heteroatoms. The van der Waals surface area contributed by atoms with Gasteiger partial charge in [-0.1, -0.05) is 20.3 Å². The highest BCUT2D eigenvalue weighted by molar-refractivity contribution is 4.47. The maximum atomic E-state index is 4.00. The van der Waals surface area contributed by atoms with Crippen molar-refractivity contribution >= 4 is 0 Å². The van der Waals surface area contributed by atoms with E-state index in [1.807, 2.05) is 0 Å². The lowest BCUT2D eigenvalue weighted by atomic mass is 10.6. The Morgan fingerprint density at radius 3 is 1.17 bits per heavy atom. The standard InChI is InChI=1S/C3H8.C2H2.O/c1-3-2;1-2;/h3H2,1-2H3;1-2H;. The number of hydrogen-bond acceptors (Lipinski definition) is 0. The summed E-state index contributed by atoms with van der Waals surface area (Å²) in [5.41, 5.74) is 0. The molecule has 0 rings (SSSR count). The molecule has 0 aromatic rings. The Labute approximate surface area is 39.7 Å². The van der Waals surface area contributed by atoms with Gasteiger partial charge in [0.05, 0.1) is 0 Å². The topological polar surface area (TPSA) is 28.5 Å². The molecule has 0 fully saturated rings. The van der Waals surface area contributed by atoms with Crippen LogP contribution in [-0.2, 0) is 5.48 Å². The monoisotopic (exact) mass is 86.1 g/mol. The van der Waals surface area contributed by atoms with Crippen molar-refractivity contribution in [2.45, 2.75) is 20.3 Å². The molecule has 0 saturated heterocycles. The molecule has 0 heterocycles. The predicted molar refractivity (Wildman–Crippen MR) is 26.5 cm³/mol. The van der Waals surface area contributed by atoms with Crippen molar-refractivity contribution in [2.75, 3.05) is 0 Å².